The lowest BCUT2D eigenvalue weighted by Gasteiger charge is -2.49. The summed E-state index contributed by atoms with van der Waals surface area (Å²) < 4.78 is 0. The summed E-state index contributed by atoms with van der Waals surface area (Å²) >= 11 is 17.4. The van der Waals surface area contributed by atoms with Gasteiger partial charge in [0, 0.05) is 30.9 Å². The molecule has 0 amide bonds. The minimum atomic E-state index is 0.176. The molecule has 0 radical (unpaired) electrons. The molecule has 6 heteroatoms. The van der Waals surface area contributed by atoms with E-state index in [2.05, 4.69) is 15.5 Å². The maximum absolute atomic E-state index is 6.01. The topological polar surface area (TPSA) is 27.3 Å². The van der Waals surface area contributed by atoms with E-state index in [9.17, 15) is 0 Å². The number of halogens is 2. The van der Waals surface area contributed by atoms with Crippen LogP contribution >= 0.6 is 35.4 Å². The zero-order valence-electron chi connectivity index (χ0n) is 11.1. The lowest BCUT2D eigenvalue weighted by atomic mass is 9.80. The number of anilines is 1. The first-order chi connectivity index (χ1) is 9.56. The van der Waals surface area contributed by atoms with Crippen molar-refractivity contribution in [2.45, 2.75) is 24.8 Å². The highest BCUT2D eigenvalue weighted by Crippen LogP contribution is 2.32. The van der Waals surface area contributed by atoms with Crippen molar-refractivity contribution in [1.82, 2.24) is 10.2 Å². The van der Waals surface area contributed by atoms with Gasteiger partial charge in [-0.1, -0.05) is 23.2 Å². The summed E-state index contributed by atoms with van der Waals surface area (Å²) in [6.45, 7) is 3.51. The molecule has 108 valence electrons. The van der Waals surface area contributed by atoms with E-state index in [1.165, 1.54) is 19.6 Å². The Kier molecular flexibility index (Phi) is 4.09. The number of hydrogen-bond acceptors (Lipinski definition) is 2. The van der Waals surface area contributed by atoms with Crippen molar-refractivity contribution < 1.29 is 0 Å². The fraction of sp³-hybridized carbons (Fsp3) is 0.500. The summed E-state index contributed by atoms with van der Waals surface area (Å²) in [6.07, 6.45) is 3.49. The fourth-order valence-electron chi connectivity index (χ4n) is 2.99. The standard InChI is InChI=1S/C14H17Cl2N3S/c15-11-2-1-10(9-12(11)16)17-13(20)18-14-3-6-19(7-4-14)8-5-14/h1-2,9H,3-8H2,(H2,17,18,20). The van der Waals surface area contributed by atoms with Gasteiger partial charge in [-0.3, -0.25) is 0 Å². The molecule has 0 aromatic heterocycles. The number of hydrogen-bond donors (Lipinski definition) is 2. The number of benzene rings is 1. The quantitative estimate of drug-likeness (QED) is 0.812. The number of fused-ring (bicyclic) bond motifs is 3. The Morgan fingerprint density at radius 1 is 1.10 bits per heavy atom. The average Bonchev–Trinajstić information content (AvgIpc) is 2.44. The van der Waals surface area contributed by atoms with Gasteiger partial charge < -0.3 is 15.5 Å². The van der Waals surface area contributed by atoms with Crippen LogP contribution in [0, 0.1) is 0 Å². The molecule has 20 heavy (non-hydrogen) atoms. The molecule has 3 heterocycles. The van der Waals surface area contributed by atoms with Gasteiger partial charge in [-0.25, -0.2) is 0 Å². The predicted octanol–water partition coefficient (Wildman–Crippen LogP) is 3.52. The van der Waals surface area contributed by atoms with Crippen LogP contribution in [0.3, 0.4) is 0 Å². The zero-order valence-corrected chi connectivity index (χ0v) is 13.4. The van der Waals surface area contributed by atoms with Crippen LogP contribution in [-0.4, -0.2) is 35.2 Å². The number of nitrogens with one attached hydrogen (secondary N) is 2. The van der Waals surface area contributed by atoms with Crippen LogP contribution < -0.4 is 10.6 Å². The average molecular weight is 330 g/mol. The SMILES string of the molecule is S=C(Nc1ccc(Cl)c(Cl)c1)NC12CCN(CC1)CC2. The van der Waals surface area contributed by atoms with E-state index >= 15 is 0 Å². The Labute approximate surface area is 134 Å². The molecule has 1 aromatic rings. The van der Waals surface area contributed by atoms with Crippen molar-refractivity contribution in [1.29, 1.82) is 0 Å². The number of piperidine rings is 3. The molecule has 3 fully saturated rings. The van der Waals surface area contributed by atoms with Crippen molar-refractivity contribution in [2.75, 3.05) is 25.0 Å². The molecule has 3 aliphatic heterocycles. The smallest absolute Gasteiger partial charge is 0.171 e. The predicted molar refractivity (Wildman–Crippen MR) is 88.8 cm³/mol. The Morgan fingerprint density at radius 2 is 1.75 bits per heavy atom. The third-order valence-corrected chi connectivity index (χ3v) is 5.22. The summed E-state index contributed by atoms with van der Waals surface area (Å²) in [7, 11) is 0. The largest absolute Gasteiger partial charge is 0.357 e. The van der Waals surface area contributed by atoms with Gasteiger partial charge in [0.05, 0.1) is 10.0 Å². The van der Waals surface area contributed by atoms with Crippen LogP contribution in [0.4, 0.5) is 5.69 Å². The summed E-state index contributed by atoms with van der Waals surface area (Å²) in [5.41, 5.74) is 1.04. The monoisotopic (exact) mass is 329 g/mol. The van der Waals surface area contributed by atoms with Crippen molar-refractivity contribution in [3.8, 4) is 0 Å². The molecular weight excluding hydrogens is 313 g/mol. The van der Waals surface area contributed by atoms with E-state index in [4.69, 9.17) is 35.4 Å². The van der Waals surface area contributed by atoms with E-state index in [-0.39, 0.29) is 5.54 Å². The second-order valence-corrected chi connectivity index (χ2v) is 6.80. The van der Waals surface area contributed by atoms with Crippen LogP contribution in [0.2, 0.25) is 10.0 Å². The highest BCUT2D eigenvalue weighted by atomic mass is 35.5. The first-order valence-electron chi connectivity index (χ1n) is 6.83. The van der Waals surface area contributed by atoms with Gasteiger partial charge in [-0.05, 0) is 49.7 Å². The Balaban J connectivity index is 1.63. The van der Waals surface area contributed by atoms with Gasteiger partial charge in [0.15, 0.2) is 5.11 Å². The molecule has 4 rings (SSSR count). The minimum Gasteiger partial charge on any atom is -0.357 e. The van der Waals surface area contributed by atoms with Crippen LogP contribution in [0.1, 0.15) is 19.3 Å². The maximum Gasteiger partial charge on any atom is 0.171 e. The molecule has 0 spiro atoms. The van der Waals surface area contributed by atoms with Gasteiger partial charge in [-0.2, -0.15) is 0 Å². The molecule has 1 aromatic carbocycles. The molecular formula is C14H17Cl2N3S. The molecule has 0 atom stereocenters. The first-order valence-corrected chi connectivity index (χ1v) is 7.99. The van der Waals surface area contributed by atoms with Crippen molar-refractivity contribution in [2.24, 2.45) is 0 Å². The van der Waals surface area contributed by atoms with Crippen LogP contribution in [0.15, 0.2) is 18.2 Å². The summed E-state index contributed by atoms with van der Waals surface area (Å²) in [4.78, 5) is 2.51. The third kappa shape index (κ3) is 3.03. The molecule has 0 aliphatic carbocycles. The van der Waals surface area contributed by atoms with Crippen LogP contribution in [0.5, 0.6) is 0 Å². The van der Waals surface area contributed by atoms with Crippen molar-refractivity contribution in [3.05, 3.63) is 28.2 Å². The van der Waals surface area contributed by atoms with E-state index in [0.29, 0.717) is 15.2 Å². The number of thiocarbonyl (C=S) groups is 1. The van der Waals surface area contributed by atoms with E-state index in [1.54, 1.807) is 12.1 Å². The normalized spacial score (nSPS) is 28.2. The molecule has 2 N–H and O–H groups in total. The number of rotatable bonds is 2. The summed E-state index contributed by atoms with van der Waals surface area (Å²) in [6, 6.07) is 5.44. The van der Waals surface area contributed by atoms with E-state index in [0.717, 1.165) is 24.9 Å². The summed E-state index contributed by atoms with van der Waals surface area (Å²) in [5.74, 6) is 0. The van der Waals surface area contributed by atoms with Gasteiger partial charge >= 0.3 is 0 Å². The number of nitrogens with zero attached hydrogens (tertiary/aromatic N) is 1. The zero-order chi connectivity index (χ0) is 14.2. The van der Waals surface area contributed by atoms with E-state index < -0.39 is 0 Å². The lowest BCUT2D eigenvalue weighted by molar-refractivity contribution is 0.0743. The van der Waals surface area contributed by atoms with E-state index in [1.807, 2.05) is 6.07 Å². The molecule has 2 bridgehead atoms. The van der Waals surface area contributed by atoms with Gasteiger partial charge in [0.2, 0.25) is 0 Å². The Morgan fingerprint density at radius 3 is 2.35 bits per heavy atom. The molecule has 3 nitrogen and oxygen atoms in total. The molecule has 0 saturated carbocycles. The Bertz CT molecular complexity index is 513. The van der Waals surface area contributed by atoms with Gasteiger partial charge in [0.25, 0.3) is 0 Å². The second-order valence-electron chi connectivity index (χ2n) is 5.58. The fourth-order valence-corrected chi connectivity index (χ4v) is 3.62. The van der Waals surface area contributed by atoms with Gasteiger partial charge in [0.1, 0.15) is 0 Å². The second kappa shape index (κ2) is 5.68. The maximum atomic E-state index is 6.01. The highest BCUT2D eigenvalue weighted by Gasteiger charge is 2.39. The summed E-state index contributed by atoms with van der Waals surface area (Å²) in [5, 5.41) is 8.46. The molecule has 0 unspecified atom stereocenters. The van der Waals surface area contributed by atoms with Gasteiger partial charge in [-0.15, -0.1) is 0 Å². The van der Waals surface area contributed by atoms with Crippen LogP contribution in [0.25, 0.3) is 0 Å². The third-order valence-electron chi connectivity index (χ3n) is 4.28. The molecule has 3 saturated heterocycles. The highest BCUT2D eigenvalue weighted by molar-refractivity contribution is 7.80. The van der Waals surface area contributed by atoms with Crippen molar-refractivity contribution >= 4 is 46.2 Å². The Hall–Kier alpha value is -0.550. The lowest BCUT2D eigenvalue weighted by Crippen LogP contribution is -2.61. The minimum absolute atomic E-state index is 0.176. The van der Waals surface area contributed by atoms with Crippen molar-refractivity contribution in [3.63, 3.8) is 0 Å². The first kappa shape index (κ1) is 14.4. The van der Waals surface area contributed by atoms with Crippen LogP contribution in [-0.2, 0) is 0 Å². The molecule has 3 aliphatic rings.